The summed E-state index contributed by atoms with van der Waals surface area (Å²) in [5.41, 5.74) is 1.16. The third-order valence-electron chi connectivity index (χ3n) is 7.15. The first-order valence-corrected chi connectivity index (χ1v) is 11.4. The van der Waals surface area contributed by atoms with Gasteiger partial charge in [-0.3, -0.25) is 9.59 Å². The second-order valence-corrected chi connectivity index (χ2v) is 9.68. The summed E-state index contributed by atoms with van der Waals surface area (Å²) in [6, 6.07) is 6.01. The van der Waals surface area contributed by atoms with E-state index in [9.17, 15) is 9.59 Å². The number of nitrogens with one attached hydrogen (secondary N) is 1. The van der Waals surface area contributed by atoms with Crippen molar-refractivity contribution in [2.24, 2.45) is 5.92 Å². The summed E-state index contributed by atoms with van der Waals surface area (Å²) in [5.74, 6) is 0.992. The van der Waals surface area contributed by atoms with Crippen LogP contribution in [0, 0.1) is 12.8 Å². The van der Waals surface area contributed by atoms with Gasteiger partial charge < -0.3 is 19.9 Å². The molecule has 0 unspecified atom stereocenters. The third kappa shape index (κ3) is 4.48. The smallest absolute Gasteiger partial charge is 0.258 e. The third-order valence-corrected chi connectivity index (χ3v) is 7.15. The first-order chi connectivity index (χ1) is 14.3. The number of aryl methyl sites for hydroxylation is 1. The maximum Gasteiger partial charge on any atom is 0.258 e. The number of likely N-dealkylation sites (tertiary alicyclic amines) is 1. The molecule has 2 amide bonds. The minimum Gasteiger partial charge on any atom is -0.484 e. The highest BCUT2D eigenvalue weighted by Gasteiger charge is 2.43. The Bertz CT molecular complexity index is 801. The summed E-state index contributed by atoms with van der Waals surface area (Å²) in [6.07, 6.45) is 6.29. The Morgan fingerprint density at radius 2 is 1.97 bits per heavy atom. The van der Waals surface area contributed by atoms with Crippen molar-refractivity contribution in [3.05, 3.63) is 29.3 Å². The molecule has 4 rings (SSSR count). The summed E-state index contributed by atoms with van der Waals surface area (Å²) in [5, 5.41) is 3.21. The highest BCUT2D eigenvalue weighted by Crippen LogP contribution is 2.35. The summed E-state index contributed by atoms with van der Waals surface area (Å²) >= 11 is 0. The molecular formula is C24H35N3O3. The molecule has 3 aliphatic rings. The van der Waals surface area contributed by atoms with Crippen LogP contribution in [0.1, 0.15) is 61.4 Å². The lowest BCUT2D eigenvalue weighted by molar-refractivity contribution is -0.123. The van der Waals surface area contributed by atoms with Gasteiger partial charge in [-0.2, -0.15) is 0 Å². The van der Waals surface area contributed by atoms with Crippen molar-refractivity contribution in [1.29, 1.82) is 0 Å². The number of amides is 2. The number of hydrogen-bond acceptors (Lipinski definition) is 4. The van der Waals surface area contributed by atoms with Gasteiger partial charge in [0.05, 0.1) is 12.1 Å². The molecule has 2 heterocycles. The number of piperidine rings is 1. The molecule has 1 saturated heterocycles. The molecule has 6 nitrogen and oxygen atoms in total. The van der Waals surface area contributed by atoms with E-state index in [4.69, 9.17) is 4.74 Å². The van der Waals surface area contributed by atoms with E-state index in [0.717, 1.165) is 50.8 Å². The van der Waals surface area contributed by atoms with E-state index in [1.807, 2.05) is 25.1 Å². The molecule has 2 aliphatic heterocycles. The number of carbonyl (C=O) groups is 2. The molecule has 2 fully saturated rings. The van der Waals surface area contributed by atoms with Gasteiger partial charge >= 0.3 is 0 Å². The summed E-state index contributed by atoms with van der Waals surface area (Å²) in [7, 11) is 2.11. The SMILES string of the molecule is Cc1ccc2c(c1)C(=O)N(CC(=O)N[C@@H]1CCCC[C@H]1C)CC1(CCN(C)CC1)O2. The van der Waals surface area contributed by atoms with Gasteiger partial charge in [-0.15, -0.1) is 0 Å². The standard InChI is InChI=1S/C24H35N3O3/c1-17-8-9-21-19(14-17)23(29)27(16-24(30-21)10-12-26(3)13-11-24)15-22(28)25-20-7-5-4-6-18(20)2/h8-9,14,18,20H,4-7,10-13,15-16H2,1-3H3,(H,25,28)/t18-,20-/m1/s1. The largest absolute Gasteiger partial charge is 0.484 e. The van der Waals surface area contributed by atoms with Gasteiger partial charge in [-0.05, 0) is 44.9 Å². The minimum absolute atomic E-state index is 0.0544. The van der Waals surface area contributed by atoms with E-state index >= 15 is 0 Å². The van der Waals surface area contributed by atoms with Gasteiger partial charge in [0, 0.05) is 32.0 Å². The normalized spacial score (nSPS) is 26.6. The molecule has 6 heteroatoms. The molecule has 2 atom stereocenters. The second-order valence-electron chi connectivity index (χ2n) is 9.68. The number of fused-ring (bicyclic) bond motifs is 1. The van der Waals surface area contributed by atoms with Crippen molar-refractivity contribution in [1.82, 2.24) is 15.1 Å². The monoisotopic (exact) mass is 413 g/mol. The first-order valence-electron chi connectivity index (χ1n) is 11.4. The van der Waals surface area contributed by atoms with Crippen molar-refractivity contribution in [3.8, 4) is 5.75 Å². The number of hydrogen-bond donors (Lipinski definition) is 1. The zero-order valence-electron chi connectivity index (χ0n) is 18.6. The average molecular weight is 414 g/mol. The second kappa shape index (κ2) is 8.58. The number of nitrogens with zero attached hydrogens (tertiary/aromatic N) is 2. The van der Waals surface area contributed by atoms with Crippen LogP contribution < -0.4 is 10.1 Å². The molecule has 1 saturated carbocycles. The lowest BCUT2D eigenvalue weighted by atomic mass is 9.86. The molecule has 1 aromatic carbocycles. The Kier molecular flexibility index (Phi) is 6.05. The zero-order valence-corrected chi connectivity index (χ0v) is 18.6. The lowest BCUT2D eigenvalue weighted by Crippen LogP contribution is -2.55. The summed E-state index contributed by atoms with van der Waals surface area (Å²) < 4.78 is 6.52. The van der Waals surface area contributed by atoms with Crippen LogP contribution in [0.15, 0.2) is 18.2 Å². The topological polar surface area (TPSA) is 61.9 Å². The van der Waals surface area contributed by atoms with E-state index in [0.29, 0.717) is 23.8 Å². The van der Waals surface area contributed by atoms with Gasteiger partial charge in [0.2, 0.25) is 5.91 Å². The lowest BCUT2D eigenvalue weighted by Gasteiger charge is -2.41. The molecule has 1 N–H and O–H groups in total. The Morgan fingerprint density at radius 1 is 1.23 bits per heavy atom. The van der Waals surface area contributed by atoms with Crippen LogP contribution >= 0.6 is 0 Å². The van der Waals surface area contributed by atoms with Crippen LogP contribution in [0.3, 0.4) is 0 Å². The maximum atomic E-state index is 13.4. The Hall–Kier alpha value is -2.08. The van der Waals surface area contributed by atoms with Crippen LogP contribution in [0.2, 0.25) is 0 Å². The Labute approximate surface area is 179 Å². The Morgan fingerprint density at radius 3 is 2.70 bits per heavy atom. The average Bonchev–Trinajstić information content (AvgIpc) is 2.82. The predicted molar refractivity (Wildman–Crippen MR) is 117 cm³/mol. The van der Waals surface area contributed by atoms with Gasteiger partial charge in [-0.25, -0.2) is 0 Å². The van der Waals surface area contributed by atoms with Crippen molar-refractivity contribution < 1.29 is 14.3 Å². The predicted octanol–water partition coefficient (Wildman–Crippen LogP) is 2.99. The van der Waals surface area contributed by atoms with Crippen LogP contribution in [0.4, 0.5) is 0 Å². The zero-order chi connectivity index (χ0) is 21.3. The Balaban J connectivity index is 1.55. The number of benzene rings is 1. The molecule has 30 heavy (non-hydrogen) atoms. The van der Waals surface area contributed by atoms with Gasteiger partial charge in [-0.1, -0.05) is 31.4 Å². The fourth-order valence-electron chi connectivity index (χ4n) is 5.13. The van der Waals surface area contributed by atoms with Gasteiger partial charge in [0.1, 0.15) is 17.9 Å². The number of ether oxygens (including phenoxy) is 1. The van der Waals surface area contributed by atoms with Crippen molar-refractivity contribution in [3.63, 3.8) is 0 Å². The quantitative estimate of drug-likeness (QED) is 0.828. The van der Waals surface area contributed by atoms with E-state index in [-0.39, 0.29) is 24.4 Å². The molecule has 164 valence electrons. The van der Waals surface area contributed by atoms with Crippen LogP contribution in [0.25, 0.3) is 0 Å². The van der Waals surface area contributed by atoms with Crippen molar-refractivity contribution in [2.45, 2.75) is 64.0 Å². The van der Waals surface area contributed by atoms with E-state index in [1.165, 1.54) is 6.42 Å². The number of rotatable bonds is 3. The minimum atomic E-state index is -0.429. The van der Waals surface area contributed by atoms with Gasteiger partial charge in [0.25, 0.3) is 5.91 Å². The molecule has 1 spiro atoms. The van der Waals surface area contributed by atoms with Crippen molar-refractivity contribution in [2.75, 3.05) is 33.2 Å². The fourth-order valence-corrected chi connectivity index (χ4v) is 5.13. The molecule has 1 aromatic rings. The summed E-state index contributed by atoms with van der Waals surface area (Å²) in [6.45, 7) is 6.59. The maximum absolute atomic E-state index is 13.4. The molecule has 0 aromatic heterocycles. The first kappa shape index (κ1) is 21.2. The highest BCUT2D eigenvalue weighted by molar-refractivity contribution is 5.99. The van der Waals surface area contributed by atoms with Crippen LogP contribution in [-0.4, -0.2) is 66.5 Å². The molecule has 0 radical (unpaired) electrons. The van der Waals surface area contributed by atoms with Crippen LogP contribution in [0.5, 0.6) is 5.75 Å². The highest BCUT2D eigenvalue weighted by atomic mass is 16.5. The van der Waals surface area contributed by atoms with E-state index in [2.05, 4.69) is 24.2 Å². The molecular weight excluding hydrogens is 378 g/mol. The van der Waals surface area contributed by atoms with Crippen molar-refractivity contribution >= 4 is 11.8 Å². The fraction of sp³-hybridized carbons (Fsp3) is 0.667. The number of carbonyl (C=O) groups excluding carboxylic acids is 2. The summed E-state index contributed by atoms with van der Waals surface area (Å²) in [4.78, 5) is 30.4. The van der Waals surface area contributed by atoms with E-state index in [1.54, 1.807) is 4.90 Å². The molecule has 1 aliphatic carbocycles. The van der Waals surface area contributed by atoms with Crippen LogP contribution in [-0.2, 0) is 4.79 Å². The molecule has 0 bridgehead atoms. The van der Waals surface area contributed by atoms with Gasteiger partial charge in [0.15, 0.2) is 0 Å². The van der Waals surface area contributed by atoms with E-state index < -0.39 is 5.60 Å².